The van der Waals surface area contributed by atoms with Crippen molar-refractivity contribution < 1.29 is 23.6 Å². The molecule has 2 amide bonds. The lowest BCUT2D eigenvalue weighted by atomic mass is 9.90. The van der Waals surface area contributed by atoms with Crippen molar-refractivity contribution in [3.63, 3.8) is 0 Å². The van der Waals surface area contributed by atoms with Gasteiger partial charge < -0.3 is 4.74 Å². The van der Waals surface area contributed by atoms with Crippen LogP contribution in [0, 0.1) is 11.7 Å². The lowest BCUT2D eigenvalue weighted by molar-refractivity contribution is -0.126. The van der Waals surface area contributed by atoms with Gasteiger partial charge in [-0.05, 0) is 54.1 Å². The summed E-state index contributed by atoms with van der Waals surface area (Å²) in [6.45, 7) is 0. The van der Waals surface area contributed by atoms with Crippen molar-refractivity contribution in [2.24, 2.45) is 5.92 Å². The van der Waals surface area contributed by atoms with E-state index in [1.165, 1.54) is 24.3 Å². The van der Waals surface area contributed by atoms with Crippen LogP contribution >= 0.6 is 0 Å². The molecule has 31 heavy (non-hydrogen) atoms. The summed E-state index contributed by atoms with van der Waals surface area (Å²) in [6, 6.07) is 21.5. The molecule has 3 atom stereocenters. The molecular weight excluding hydrogens is 399 g/mol. The molecule has 0 bridgehead atoms. The third-order valence-corrected chi connectivity index (χ3v) is 5.67. The maximum absolute atomic E-state index is 13.4. The lowest BCUT2D eigenvalue weighted by Crippen LogP contribution is -2.37. The summed E-state index contributed by atoms with van der Waals surface area (Å²) < 4.78 is 18.6. The van der Waals surface area contributed by atoms with E-state index in [4.69, 9.17) is 9.57 Å². The van der Waals surface area contributed by atoms with E-state index >= 15 is 0 Å². The van der Waals surface area contributed by atoms with Gasteiger partial charge in [0.05, 0.1) is 24.5 Å². The van der Waals surface area contributed by atoms with Gasteiger partial charge in [-0.25, -0.2) is 14.4 Å². The number of nitrogens with zero attached hydrogens (tertiary/aromatic N) is 2. The predicted octanol–water partition coefficient (Wildman–Crippen LogP) is 3.89. The number of hydrogen-bond acceptors (Lipinski definition) is 5. The number of anilines is 2. The lowest BCUT2D eigenvalue weighted by Gasteiger charge is -2.28. The summed E-state index contributed by atoms with van der Waals surface area (Å²) >= 11 is 0. The molecule has 0 saturated carbocycles. The number of amides is 2. The Hall–Kier alpha value is -3.71. The molecule has 3 aromatic carbocycles. The van der Waals surface area contributed by atoms with Gasteiger partial charge in [0, 0.05) is 0 Å². The van der Waals surface area contributed by atoms with Crippen LogP contribution < -0.4 is 14.7 Å². The highest BCUT2D eigenvalue weighted by molar-refractivity contribution is 6.23. The number of methoxy groups -OCH3 is 1. The van der Waals surface area contributed by atoms with Crippen LogP contribution in [0.2, 0.25) is 0 Å². The Bertz CT molecular complexity index is 1120. The average molecular weight is 418 g/mol. The molecule has 2 fully saturated rings. The molecule has 2 heterocycles. The first kappa shape index (κ1) is 19.3. The van der Waals surface area contributed by atoms with Gasteiger partial charge >= 0.3 is 0 Å². The average Bonchev–Trinajstić information content (AvgIpc) is 3.31. The number of para-hydroxylation sites is 1. The molecule has 2 aliphatic heterocycles. The minimum Gasteiger partial charge on any atom is -0.497 e. The predicted molar refractivity (Wildman–Crippen MR) is 112 cm³/mol. The molecule has 0 unspecified atom stereocenters. The molecule has 0 spiro atoms. The number of benzene rings is 3. The molecule has 2 aliphatic rings. The highest BCUT2D eigenvalue weighted by Gasteiger charge is 2.60. The van der Waals surface area contributed by atoms with E-state index in [1.54, 1.807) is 12.2 Å². The summed E-state index contributed by atoms with van der Waals surface area (Å²) in [5, 5.41) is 1.63. The van der Waals surface area contributed by atoms with Crippen molar-refractivity contribution in [3.05, 3.63) is 90.2 Å². The number of hydrogen-bond donors (Lipinski definition) is 0. The van der Waals surface area contributed by atoms with E-state index < -0.39 is 29.8 Å². The smallest absolute Gasteiger partial charge is 0.266 e. The molecule has 156 valence electrons. The van der Waals surface area contributed by atoms with Gasteiger partial charge in [-0.1, -0.05) is 30.3 Å². The van der Waals surface area contributed by atoms with Gasteiger partial charge in [0.2, 0.25) is 5.91 Å². The van der Waals surface area contributed by atoms with E-state index in [9.17, 15) is 14.0 Å². The first-order valence-electron chi connectivity index (χ1n) is 9.87. The van der Waals surface area contributed by atoms with Gasteiger partial charge in [0.25, 0.3) is 5.91 Å². The zero-order valence-corrected chi connectivity index (χ0v) is 16.6. The standard InChI is InChI=1S/C24H19FN2O4/c1-30-19-13-7-15(8-14-19)21-20-22(31-27(21)18-5-3-2-4-6-18)24(29)26(23(20)28)17-11-9-16(25)10-12-17/h2-14,20-22H,1H3/t20-,21+,22+/m1/s1. The summed E-state index contributed by atoms with van der Waals surface area (Å²) in [6.07, 6.45) is -0.968. The van der Waals surface area contributed by atoms with Crippen LogP contribution in [0.3, 0.4) is 0 Å². The topological polar surface area (TPSA) is 59.1 Å². The zero-order chi connectivity index (χ0) is 21.5. The number of carbonyl (C=O) groups is 2. The third-order valence-electron chi connectivity index (χ3n) is 5.67. The highest BCUT2D eigenvalue weighted by Crippen LogP contribution is 2.47. The number of fused-ring (bicyclic) bond motifs is 1. The molecular formula is C24H19FN2O4. The fourth-order valence-corrected chi connectivity index (χ4v) is 4.20. The number of imide groups is 1. The van der Waals surface area contributed by atoms with Crippen molar-refractivity contribution in [3.8, 4) is 5.75 Å². The Morgan fingerprint density at radius 3 is 2.16 bits per heavy atom. The van der Waals surface area contributed by atoms with E-state index in [2.05, 4.69) is 0 Å². The zero-order valence-electron chi connectivity index (χ0n) is 16.6. The van der Waals surface area contributed by atoms with Gasteiger partial charge in [-0.2, -0.15) is 0 Å². The fraction of sp³-hybridized carbons (Fsp3) is 0.167. The maximum Gasteiger partial charge on any atom is 0.266 e. The van der Waals surface area contributed by atoms with Gasteiger partial charge in [-0.3, -0.25) is 14.4 Å². The van der Waals surface area contributed by atoms with Crippen LogP contribution in [0.1, 0.15) is 11.6 Å². The normalized spacial score (nSPS) is 22.7. The Morgan fingerprint density at radius 1 is 0.839 bits per heavy atom. The minimum absolute atomic E-state index is 0.328. The van der Waals surface area contributed by atoms with Gasteiger partial charge in [0.1, 0.15) is 17.5 Å². The number of ether oxygens (including phenoxy) is 1. The van der Waals surface area contributed by atoms with Crippen LogP contribution in [0.15, 0.2) is 78.9 Å². The molecule has 2 saturated heterocycles. The first-order valence-corrected chi connectivity index (χ1v) is 9.87. The van der Waals surface area contributed by atoms with Crippen LogP contribution in [-0.2, 0) is 14.4 Å². The Kier molecular flexibility index (Phi) is 4.67. The largest absolute Gasteiger partial charge is 0.497 e. The molecule has 0 N–H and O–H groups in total. The molecule has 6 nitrogen and oxygen atoms in total. The summed E-state index contributed by atoms with van der Waals surface area (Å²) in [5.74, 6) is -1.33. The monoisotopic (exact) mass is 418 g/mol. The second-order valence-corrected chi connectivity index (χ2v) is 7.42. The maximum atomic E-state index is 13.4. The molecule has 0 aromatic heterocycles. The van der Waals surface area contributed by atoms with Crippen molar-refractivity contribution in [2.75, 3.05) is 17.1 Å². The van der Waals surface area contributed by atoms with E-state index in [1.807, 2.05) is 54.6 Å². The Balaban J connectivity index is 1.57. The Labute approximate surface area is 178 Å². The van der Waals surface area contributed by atoms with Gasteiger partial charge in [0.15, 0.2) is 6.10 Å². The van der Waals surface area contributed by atoms with E-state index in [0.29, 0.717) is 11.4 Å². The molecule has 7 heteroatoms. The Morgan fingerprint density at radius 2 is 1.52 bits per heavy atom. The number of halogens is 1. The van der Waals surface area contributed by atoms with Crippen LogP contribution in [-0.4, -0.2) is 25.0 Å². The van der Waals surface area contributed by atoms with Crippen molar-refractivity contribution >= 4 is 23.2 Å². The van der Waals surface area contributed by atoms with E-state index in [0.717, 1.165) is 16.2 Å². The molecule has 0 aliphatic carbocycles. The second kappa shape index (κ2) is 7.52. The number of rotatable bonds is 4. The number of hydroxylamine groups is 1. The SMILES string of the molecule is COc1ccc([C@H]2[C@H]3C(=O)N(c4ccc(F)cc4)C(=O)[C@H]3ON2c2ccccc2)cc1. The first-order chi connectivity index (χ1) is 15.1. The molecule has 3 aromatic rings. The van der Waals surface area contributed by atoms with Crippen molar-refractivity contribution in [1.29, 1.82) is 0 Å². The van der Waals surface area contributed by atoms with Crippen molar-refractivity contribution in [2.45, 2.75) is 12.1 Å². The summed E-state index contributed by atoms with van der Waals surface area (Å²) in [4.78, 5) is 33.8. The molecule has 0 radical (unpaired) electrons. The molecule has 5 rings (SSSR count). The van der Waals surface area contributed by atoms with Crippen LogP contribution in [0.5, 0.6) is 5.75 Å². The second-order valence-electron chi connectivity index (χ2n) is 7.42. The summed E-state index contributed by atoms with van der Waals surface area (Å²) in [7, 11) is 1.58. The van der Waals surface area contributed by atoms with Crippen LogP contribution in [0.25, 0.3) is 0 Å². The highest BCUT2D eigenvalue weighted by atomic mass is 19.1. The fourth-order valence-electron chi connectivity index (χ4n) is 4.20. The quantitative estimate of drug-likeness (QED) is 0.602. The summed E-state index contributed by atoms with van der Waals surface area (Å²) in [5.41, 5.74) is 1.89. The number of carbonyl (C=O) groups excluding carboxylic acids is 2. The van der Waals surface area contributed by atoms with Crippen LogP contribution in [0.4, 0.5) is 15.8 Å². The third kappa shape index (κ3) is 3.14. The van der Waals surface area contributed by atoms with Crippen molar-refractivity contribution in [1.82, 2.24) is 0 Å². The van der Waals surface area contributed by atoms with E-state index in [-0.39, 0.29) is 5.91 Å². The van der Waals surface area contributed by atoms with Gasteiger partial charge in [-0.15, -0.1) is 0 Å². The minimum atomic E-state index is -0.968.